The number of nitrogens with one attached hydrogen (secondary N) is 2. The first-order valence-electron chi connectivity index (χ1n) is 9.70. The van der Waals surface area contributed by atoms with Gasteiger partial charge in [-0.2, -0.15) is 0 Å². The lowest BCUT2D eigenvalue weighted by Gasteiger charge is -2.53. The lowest BCUT2D eigenvalue weighted by atomic mass is 9.86. The normalized spacial score (nSPS) is 24.7. The summed E-state index contributed by atoms with van der Waals surface area (Å²) >= 11 is 2.26. The van der Waals surface area contributed by atoms with E-state index in [1.165, 1.54) is 34.2 Å². The van der Waals surface area contributed by atoms with Gasteiger partial charge in [0.2, 0.25) is 5.91 Å². The van der Waals surface area contributed by atoms with Crippen molar-refractivity contribution in [2.45, 2.75) is 18.3 Å². The second-order valence-corrected chi connectivity index (χ2v) is 9.13. The number of ether oxygens (including phenoxy) is 1. The van der Waals surface area contributed by atoms with Crippen molar-refractivity contribution in [3.8, 4) is 0 Å². The van der Waals surface area contributed by atoms with Crippen molar-refractivity contribution in [3.63, 3.8) is 0 Å². The Bertz CT molecular complexity index is 1010. The molecule has 2 fully saturated rings. The Morgan fingerprint density at radius 2 is 2.24 bits per heavy atom. The summed E-state index contributed by atoms with van der Waals surface area (Å²) in [6.07, 6.45) is 2.23. The van der Waals surface area contributed by atoms with E-state index in [9.17, 15) is 29.5 Å². The molecule has 15 heteroatoms. The predicted molar refractivity (Wildman–Crippen MR) is 119 cm³/mol. The van der Waals surface area contributed by atoms with Crippen LogP contribution in [0.5, 0.6) is 0 Å². The molecule has 33 heavy (non-hydrogen) atoms. The summed E-state index contributed by atoms with van der Waals surface area (Å²) in [6, 6.07) is -0.910. The average molecular weight is 499 g/mol. The number of hydrogen-bond donors (Lipinski definition) is 5. The number of β-lactam (4-membered cyclic amide) rings is 1. The van der Waals surface area contributed by atoms with Gasteiger partial charge in [0, 0.05) is 24.2 Å². The quantitative estimate of drug-likeness (QED) is 0.104. The standard InChI is InChI=1S/C18H22N6O7S2/c1-2-20-17(29)31-5-3-4-18(15(27)28)7-24-13(26)11(14(24)33-8-18)22-12(25)10(23-30)9-6-32-16(19)21-9/h3-4,6,11,14,30H,2,5,7-8H2,1H3,(H2,19,21)(H,20,29)(H,22,25)(H,27,28)/t11?,14-,18?/m1/s1. The minimum absolute atomic E-state index is 0.0716. The molecule has 3 heterocycles. The number of alkyl carbamates (subject to hydrolysis) is 1. The van der Waals surface area contributed by atoms with Gasteiger partial charge in [0.05, 0.1) is 0 Å². The monoisotopic (exact) mass is 498 g/mol. The van der Waals surface area contributed by atoms with Crippen LogP contribution in [0.15, 0.2) is 22.7 Å². The topological polar surface area (TPSA) is 197 Å². The summed E-state index contributed by atoms with van der Waals surface area (Å²) in [5.41, 5.74) is 3.85. The lowest BCUT2D eigenvalue weighted by molar-refractivity contribution is -0.156. The number of aromatic nitrogens is 1. The van der Waals surface area contributed by atoms with E-state index < -0.39 is 40.7 Å². The number of carboxylic acid groups (broad SMARTS) is 1. The number of carboxylic acids is 1. The molecular formula is C18H22N6O7S2. The van der Waals surface area contributed by atoms with Gasteiger partial charge in [0.25, 0.3) is 5.91 Å². The van der Waals surface area contributed by atoms with Crippen molar-refractivity contribution in [2.75, 3.05) is 31.2 Å². The molecule has 3 rings (SSSR count). The molecule has 3 atom stereocenters. The Labute approximate surface area is 196 Å². The first kappa shape index (κ1) is 24.3. The zero-order valence-electron chi connectivity index (χ0n) is 17.4. The number of hydrogen-bond acceptors (Lipinski definition) is 11. The van der Waals surface area contributed by atoms with Gasteiger partial charge in [-0.1, -0.05) is 11.2 Å². The van der Waals surface area contributed by atoms with Crippen LogP contribution in [-0.2, 0) is 19.1 Å². The molecule has 178 valence electrons. The minimum Gasteiger partial charge on any atom is -0.481 e. The van der Waals surface area contributed by atoms with E-state index >= 15 is 0 Å². The van der Waals surface area contributed by atoms with Crippen LogP contribution >= 0.6 is 23.1 Å². The first-order chi connectivity index (χ1) is 15.7. The average Bonchev–Trinajstić information content (AvgIpc) is 3.21. The van der Waals surface area contributed by atoms with Crippen molar-refractivity contribution < 1.29 is 34.2 Å². The molecule has 13 nitrogen and oxygen atoms in total. The number of thiazole rings is 1. The second kappa shape index (κ2) is 10.1. The molecule has 0 radical (unpaired) electrons. The molecule has 1 aromatic rings. The van der Waals surface area contributed by atoms with E-state index in [4.69, 9.17) is 10.5 Å². The van der Waals surface area contributed by atoms with Crippen LogP contribution in [0.3, 0.4) is 0 Å². The second-order valence-electron chi connectivity index (χ2n) is 7.13. The maximum absolute atomic E-state index is 12.7. The largest absolute Gasteiger partial charge is 0.481 e. The molecule has 0 spiro atoms. The van der Waals surface area contributed by atoms with Crippen molar-refractivity contribution in [1.29, 1.82) is 0 Å². The summed E-state index contributed by atoms with van der Waals surface area (Å²) in [4.78, 5) is 53.7. The highest BCUT2D eigenvalue weighted by molar-refractivity contribution is 8.00. The number of fused-ring (bicyclic) bond motifs is 1. The molecule has 6 N–H and O–H groups in total. The fourth-order valence-corrected chi connectivity index (χ4v) is 5.37. The molecule has 2 aliphatic heterocycles. The number of carbonyl (C=O) groups excluding carboxylic acids is 3. The number of anilines is 1. The van der Waals surface area contributed by atoms with Crippen molar-refractivity contribution in [2.24, 2.45) is 10.6 Å². The third kappa shape index (κ3) is 5.03. The van der Waals surface area contributed by atoms with Crippen molar-refractivity contribution in [1.82, 2.24) is 20.5 Å². The molecule has 0 aliphatic carbocycles. The van der Waals surface area contributed by atoms with Crippen LogP contribution in [0.25, 0.3) is 0 Å². The van der Waals surface area contributed by atoms with Gasteiger partial charge < -0.3 is 36.3 Å². The SMILES string of the molecule is CCNC(=O)OCC=CC1(C(=O)O)CS[C@@H]2C(NC(=O)C(=NO)c3csc(N)n3)C(=O)N2C1. The number of rotatable bonds is 8. The number of nitrogens with two attached hydrogens (primary N) is 1. The summed E-state index contributed by atoms with van der Waals surface area (Å²) in [6.45, 7) is 1.91. The van der Waals surface area contributed by atoms with Crippen LogP contribution < -0.4 is 16.4 Å². The highest BCUT2D eigenvalue weighted by Crippen LogP contribution is 2.43. The highest BCUT2D eigenvalue weighted by Gasteiger charge is 2.56. The Hall–Kier alpha value is -3.33. The lowest BCUT2D eigenvalue weighted by Crippen LogP contribution is -2.73. The zero-order chi connectivity index (χ0) is 24.2. The number of thioether (sulfide) groups is 1. The van der Waals surface area contributed by atoms with E-state index in [0.717, 1.165) is 11.3 Å². The smallest absolute Gasteiger partial charge is 0.407 e. The van der Waals surface area contributed by atoms with E-state index in [-0.39, 0.29) is 35.4 Å². The maximum atomic E-state index is 12.7. The summed E-state index contributed by atoms with van der Waals surface area (Å²) in [5.74, 6) is -2.27. The Morgan fingerprint density at radius 3 is 2.85 bits per heavy atom. The van der Waals surface area contributed by atoms with Gasteiger partial charge in [-0.3, -0.25) is 14.4 Å². The predicted octanol–water partition coefficient (Wildman–Crippen LogP) is -0.323. The third-order valence-electron chi connectivity index (χ3n) is 4.97. The summed E-state index contributed by atoms with van der Waals surface area (Å²) in [5, 5.41) is 28.1. The van der Waals surface area contributed by atoms with Gasteiger partial charge in [-0.05, 0) is 13.0 Å². The summed E-state index contributed by atoms with van der Waals surface area (Å²) in [7, 11) is 0. The molecule has 0 aromatic carbocycles. The number of nitrogen functional groups attached to an aromatic ring is 1. The molecule has 2 unspecified atom stereocenters. The van der Waals surface area contributed by atoms with Crippen molar-refractivity contribution >= 4 is 57.8 Å². The maximum Gasteiger partial charge on any atom is 0.407 e. The highest BCUT2D eigenvalue weighted by atomic mass is 32.2. The van der Waals surface area contributed by atoms with Gasteiger partial charge in [-0.15, -0.1) is 23.1 Å². The minimum atomic E-state index is -1.37. The number of carbonyl (C=O) groups is 4. The van der Waals surface area contributed by atoms with Crippen LogP contribution in [0.4, 0.5) is 9.93 Å². The van der Waals surface area contributed by atoms with Crippen LogP contribution in [0.2, 0.25) is 0 Å². The summed E-state index contributed by atoms with van der Waals surface area (Å²) < 4.78 is 4.90. The molecule has 3 amide bonds. The number of oxime groups is 1. The van der Waals surface area contributed by atoms with Gasteiger partial charge >= 0.3 is 12.1 Å². The Morgan fingerprint density at radius 1 is 1.48 bits per heavy atom. The fourth-order valence-electron chi connectivity index (χ4n) is 3.31. The van der Waals surface area contributed by atoms with Gasteiger partial charge in [0.15, 0.2) is 10.8 Å². The third-order valence-corrected chi connectivity index (χ3v) is 7.19. The van der Waals surface area contributed by atoms with E-state index in [1.54, 1.807) is 6.92 Å². The van der Waals surface area contributed by atoms with Crippen LogP contribution in [0.1, 0.15) is 12.6 Å². The number of aliphatic carboxylic acids is 1. The molecule has 0 bridgehead atoms. The van der Waals surface area contributed by atoms with E-state index in [1.807, 2.05) is 0 Å². The Kier molecular flexibility index (Phi) is 7.43. The van der Waals surface area contributed by atoms with Crippen LogP contribution in [0, 0.1) is 5.41 Å². The van der Waals surface area contributed by atoms with Crippen molar-refractivity contribution in [3.05, 3.63) is 23.2 Å². The van der Waals surface area contributed by atoms with E-state index in [2.05, 4.69) is 20.8 Å². The molecule has 2 aliphatic rings. The molecular weight excluding hydrogens is 476 g/mol. The fraction of sp³-hybridized carbons (Fsp3) is 0.444. The zero-order valence-corrected chi connectivity index (χ0v) is 19.0. The number of nitrogens with zero attached hydrogens (tertiary/aromatic N) is 3. The number of amides is 3. The molecule has 2 saturated heterocycles. The Balaban J connectivity index is 1.62. The molecule has 1 aromatic heterocycles. The molecule has 0 saturated carbocycles. The van der Waals surface area contributed by atoms with Gasteiger partial charge in [-0.25, -0.2) is 9.78 Å². The van der Waals surface area contributed by atoms with Crippen LogP contribution in [-0.4, -0.2) is 86.7 Å². The van der Waals surface area contributed by atoms with E-state index in [0.29, 0.717) is 6.54 Å². The van der Waals surface area contributed by atoms with Gasteiger partial charge in [0.1, 0.15) is 29.1 Å². The first-order valence-corrected chi connectivity index (χ1v) is 11.6.